The Hall–Kier alpha value is -1.37. The van der Waals surface area contributed by atoms with Crippen molar-refractivity contribution in [3.05, 3.63) is 11.8 Å². The summed E-state index contributed by atoms with van der Waals surface area (Å²) >= 11 is 0. The minimum absolute atomic E-state index is 0.0606. The van der Waals surface area contributed by atoms with Gasteiger partial charge in [0.15, 0.2) is 9.84 Å². The molecule has 1 aromatic heterocycles. The maximum atomic E-state index is 12.0. The fourth-order valence-electron chi connectivity index (χ4n) is 2.29. The van der Waals surface area contributed by atoms with E-state index in [0.717, 1.165) is 12.1 Å². The lowest BCUT2D eigenvalue weighted by atomic mass is 10.1. The highest BCUT2D eigenvalue weighted by molar-refractivity contribution is 7.91. The number of aromatic nitrogens is 2. The van der Waals surface area contributed by atoms with E-state index in [0.29, 0.717) is 12.2 Å². The number of amides is 1. The van der Waals surface area contributed by atoms with Crippen LogP contribution in [-0.2, 0) is 14.6 Å². The van der Waals surface area contributed by atoms with Crippen molar-refractivity contribution in [2.45, 2.75) is 39.7 Å². The van der Waals surface area contributed by atoms with Gasteiger partial charge in [0.1, 0.15) is 5.82 Å². The number of aryl methyl sites for hydroxylation is 1. The fourth-order valence-corrected chi connectivity index (χ4v) is 3.98. The highest BCUT2D eigenvalue weighted by atomic mass is 32.2. The van der Waals surface area contributed by atoms with E-state index in [1.54, 1.807) is 10.7 Å². The average Bonchev–Trinajstić information content (AvgIpc) is 2.91. The first kappa shape index (κ1) is 15.0. The van der Waals surface area contributed by atoms with Gasteiger partial charge in [-0.2, -0.15) is 5.10 Å². The predicted octanol–water partition coefficient (Wildman–Crippen LogP) is 1.54. The molecule has 2 rings (SSSR count). The lowest BCUT2D eigenvalue weighted by Gasteiger charge is -2.15. The van der Waals surface area contributed by atoms with E-state index in [4.69, 9.17) is 0 Å². The Balaban J connectivity index is 2.21. The molecule has 1 amide bonds. The summed E-state index contributed by atoms with van der Waals surface area (Å²) in [6.45, 7) is 5.65. The zero-order valence-electron chi connectivity index (χ0n) is 12.1. The van der Waals surface area contributed by atoms with Crippen LogP contribution in [0, 0.1) is 12.8 Å². The van der Waals surface area contributed by atoms with Gasteiger partial charge in [0, 0.05) is 12.0 Å². The van der Waals surface area contributed by atoms with Gasteiger partial charge in [-0.05, 0) is 19.8 Å². The molecule has 1 fully saturated rings. The minimum Gasteiger partial charge on any atom is -0.311 e. The molecule has 7 heteroatoms. The topological polar surface area (TPSA) is 81.1 Å². The first-order valence-corrected chi connectivity index (χ1v) is 8.72. The molecule has 1 aromatic rings. The number of hydrogen-bond acceptors (Lipinski definition) is 4. The molecule has 0 aromatic carbocycles. The van der Waals surface area contributed by atoms with Gasteiger partial charge in [0.05, 0.1) is 23.2 Å². The van der Waals surface area contributed by atoms with E-state index in [9.17, 15) is 13.2 Å². The van der Waals surface area contributed by atoms with E-state index in [2.05, 4.69) is 10.4 Å². The monoisotopic (exact) mass is 299 g/mol. The quantitative estimate of drug-likeness (QED) is 0.914. The molecule has 1 aliphatic heterocycles. The van der Waals surface area contributed by atoms with Gasteiger partial charge >= 0.3 is 0 Å². The van der Waals surface area contributed by atoms with Crippen LogP contribution >= 0.6 is 0 Å². The second-order valence-electron chi connectivity index (χ2n) is 5.47. The summed E-state index contributed by atoms with van der Waals surface area (Å²) in [7, 11) is -2.97. The molecule has 2 heterocycles. The number of carbonyl (C=O) groups excluding carboxylic acids is 1. The number of hydrogen-bond donors (Lipinski definition) is 1. The molecular formula is C13H21N3O3S. The predicted molar refractivity (Wildman–Crippen MR) is 77.4 cm³/mol. The summed E-state index contributed by atoms with van der Waals surface area (Å²) in [5, 5.41) is 7.19. The van der Waals surface area contributed by atoms with Gasteiger partial charge in [-0.3, -0.25) is 4.79 Å². The number of rotatable bonds is 4. The van der Waals surface area contributed by atoms with Crippen molar-refractivity contribution >= 4 is 21.6 Å². The smallest absolute Gasteiger partial charge is 0.228 e. The van der Waals surface area contributed by atoms with Crippen molar-refractivity contribution in [3.63, 3.8) is 0 Å². The summed E-state index contributed by atoms with van der Waals surface area (Å²) in [6, 6.07) is 1.60. The average molecular weight is 299 g/mol. The third-order valence-electron chi connectivity index (χ3n) is 3.72. The van der Waals surface area contributed by atoms with Crippen LogP contribution in [0.2, 0.25) is 0 Å². The molecule has 1 saturated heterocycles. The number of carbonyl (C=O) groups is 1. The van der Waals surface area contributed by atoms with Gasteiger partial charge in [0.2, 0.25) is 5.91 Å². The highest BCUT2D eigenvalue weighted by Crippen LogP contribution is 2.27. The summed E-state index contributed by atoms with van der Waals surface area (Å²) in [5.41, 5.74) is 0.772. The number of anilines is 1. The third kappa shape index (κ3) is 3.20. The molecule has 0 saturated carbocycles. The highest BCUT2D eigenvalue weighted by Gasteiger charge is 2.31. The zero-order valence-corrected chi connectivity index (χ0v) is 12.9. The van der Waals surface area contributed by atoms with Gasteiger partial charge in [-0.1, -0.05) is 13.8 Å². The van der Waals surface area contributed by atoms with Crippen LogP contribution in [0.4, 0.5) is 5.82 Å². The molecule has 20 heavy (non-hydrogen) atoms. The Morgan fingerprint density at radius 2 is 2.30 bits per heavy atom. The summed E-state index contributed by atoms with van der Waals surface area (Å²) in [4.78, 5) is 12.0. The lowest BCUT2D eigenvalue weighted by Crippen LogP contribution is -2.23. The van der Waals surface area contributed by atoms with Crippen LogP contribution in [0.3, 0.4) is 0 Å². The van der Waals surface area contributed by atoms with Crippen LogP contribution in [0.1, 0.15) is 38.4 Å². The van der Waals surface area contributed by atoms with Gasteiger partial charge in [-0.15, -0.1) is 0 Å². The summed E-state index contributed by atoms with van der Waals surface area (Å²) in [6.07, 6.45) is 1.31. The molecule has 0 bridgehead atoms. The summed E-state index contributed by atoms with van der Waals surface area (Å²) in [5.74, 6) is 0.741. The lowest BCUT2D eigenvalue weighted by molar-refractivity contribution is -0.119. The van der Waals surface area contributed by atoms with Crippen molar-refractivity contribution in [2.75, 3.05) is 16.8 Å². The Labute approximate surface area is 119 Å². The first-order chi connectivity index (χ1) is 9.32. The van der Waals surface area contributed by atoms with E-state index >= 15 is 0 Å². The van der Waals surface area contributed by atoms with Crippen molar-refractivity contribution < 1.29 is 13.2 Å². The number of nitrogens with zero attached hydrogens (tertiary/aromatic N) is 2. The Morgan fingerprint density at radius 3 is 2.85 bits per heavy atom. The third-order valence-corrected chi connectivity index (χ3v) is 5.47. The molecule has 1 aliphatic rings. The van der Waals surface area contributed by atoms with Crippen LogP contribution < -0.4 is 5.32 Å². The molecule has 0 aliphatic carbocycles. The molecule has 2 unspecified atom stereocenters. The van der Waals surface area contributed by atoms with E-state index in [1.165, 1.54) is 0 Å². The van der Waals surface area contributed by atoms with Crippen LogP contribution in [0.5, 0.6) is 0 Å². The first-order valence-electron chi connectivity index (χ1n) is 6.90. The second-order valence-corrected chi connectivity index (χ2v) is 7.70. The van der Waals surface area contributed by atoms with Crippen molar-refractivity contribution in [2.24, 2.45) is 5.92 Å². The van der Waals surface area contributed by atoms with Gasteiger partial charge in [0.25, 0.3) is 0 Å². The Kier molecular flexibility index (Phi) is 4.17. The molecule has 1 N–H and O–H groups in total. The van der Waals surface area contributed by atoms with Crippen LogP contribution in [-0.4, -0.2) is 35.6 Å². The van der Waals surface area contributed by atoms with Crippen molar-refractivity contribution in [1.82, 2.24) is 9.78 Å². The van der Waals surface area contributed by atoms with Crippen LogP contribution in [0.25, 0.3) is 0 Å². The van der Waals surface area contributed by atoms with Crippen LogP contribution in [0.15, 0.2) is 6.07 Å². The molecule has 112 valence electrons. The molecular weight excluding hydrogens is 278 g/mol. The number of nitrogens with one attached hydrogen (secondary N) is 1. The minimum atomic E-state index is -2.97. The van der Waals surface area contributed by atoms with Gasteiger partial charge in [-0.25, -0.2) is 13.1 Å². The largest absolute Gasteiger partial charge is 0.311 e. The summed E-state index contributed by atoms with van der Waals surface area (Å²) < 4.78 is 24.8. The fraction of sp³-hybridized carbons (Fsp3) is 0.692. The second kappa shape index (κ2) is 5.55. The molecule has 2 atom stereocenters. The van der Waals surface area contributed by atoms with Gasteiger partial charge < -0.3 is 5.32 Å². The van der Waals surface area contributed by atoms with E-state index < -0.39 is 9.84 Å². The Morgan fingerprint density at radius 1 is 1.60 bits per heavy atom. The molecule has 6 nitrogen and oxygen atoms in total. The SMILES string of the molecule is CCC(C)C(=O)Nc1cc(C)nn1C1CCS(=O)(=O)C1. The maximum absolute atomic E-state index is 12.0. The van der Waals surface area contributed by atoms with Crippen molar-refractivity contribution in [3.8, 4) is 0 Å². The molecule has 0 spiro atoms. The normalized spacial score (nSPS) is 22.6. The number of sulfone groups is 1. The van der Waals surface area contributed by atoms with E-state index in [1.807, 2.05) is 20.8 Å². The van der Waals surface area contributed by atoms with Crippen molar-refractivity contribution in [1.29, 1.82) is 0 Å². The molecule has 0 radical (unpaired) electrons. The van der Waals surface area contributed by atoms with E-state index in [-0.39, 0.29) is 29.4 Å². The maximum Gasteiger partial charge on any atom is 0.228 e. The zero-order chi connectivity index (χ0) is 14.9. The standard InChI is InChI=1S/C13H21N3O3S/c1-4-9(2)13(17)14-12-7-10(3)15-16(12)11-5-6-20(18,19)8-11/h7,9,11H,4-6,8H2,1-3H3,(H,14,17). The Bertz CT molecular complexity index is 606.